The van der Waals surface area contributed by atoms with Crippen molar-refractivity contribution in [2.24, 2.45) is 11.8 Å². The molecule has 1 amide bonds. The SMILES string of the molecule is COCCN(CC1CN(Cc2ccc([N+](=O)[O-])cc2)CC1c1cccc(OC)c1)C(=O)C(C)C. The van der Waals surface area contributed by atoms with Gasteiger partial charge in [-0.2, -0.15) is 0 Å². The van der Waals surface area contributed by atoms with E-state index in [0.717, 1.165) is 24.4 Å². The molecule has 1 aliphatic heterocycles. The second kappa shape index (κ2) is 11.9. The molecule has 0 spiro atoms. The maximum atomic E-state index is 12.9. The lowest BCUT2D eigenvalue weighted by Gasteiger charge is -2.30. The van der Waals surface area contributed by atoms with Crippen LogP contribution in [-0.4, -0.2) is 67.6 Å². The summed E-state index contributed by atoms with van der Waals surface area (Å²) in [5.41, 5.74) is 2.32. The van der Waals surface area contributed by atoms with Crippen molar-refractivity contribution in [1.29, 1.82) is 0 Å². The van der Waals surface area contributed by atoms with Crippen LogP contribution in [0.3, 0.4) is 0 Å². The van der Waals surface area contributed by atoms with Gasteiger partial charge in [0.25, 0.3) is 5.69 Å². The highest BCUT2D eigenvalue weighted by Crippen LogP contribution is 2.36. The zero-order chi connectivity index (χ0) is 24.7. The summed E-state index contributed by atoms with van der Waals surface area (Å²) < 4.78 is 10.7. The fourth-order valence-corrected chi connectivity index (χ4v) is 4.65. The number of hydrogen-bond acceptors (Lipinski definition) is 6. The van der Waals surface area contributed by atoms with Crippen molar-refractivity contribution < 1.29 is 19.2 Å². The molecular weight excluding hydrogens is 434 g/mol. The number of hydrogen-bond donors (Lipinski definition) is 0. The second-order valence-corrected chi connectivity index (χ2v) is 9.19. The molecule has 8 nitrogen and oxygen atoms in total. The minimum Gasteiger partial charge on any atom is -0.497 e. The Kier molecular flexibility index (Phi) is 9.01. The quantitative estimate of drug-likeness (QED) is 0.366. The van der Waals surface area contributed by atoms with E-state index < -0.39 is 0 Å². The molecule has 2 aromatic rings. The maximum absolute atomic E-state index is 12.9. The van der Waals surface area contributed by atoms with E-state index in [1.165, 1.54) is 5.56 Å². The van der Waals surface area contributed by atoms with Crippen LogP contribution in [0, 0.1) is 22.0 Å². The van der Waals surface area contributed by atoms with Crippen LogP contribution >= 0.6 is 0 Å². The molecule has 0 N–H and O–H groups in total. The first-order valence-corrected chi connectivity index (χ1v) is 11.7. The lowest BCUT2D eigenvalue weighted by atomic mass is 9.88. The molecule has 0 aliphatic carbocycles. The first-order chi connectivity index (χ1) is 16.3. The number of benzene rings is 2. The van der Waals surface area contributed by atoms with Gasteiger partial charge in [-0.3, -0.25) is 19.8 Å². The minimum absolute atomic E-state index is 0.0789. The summed E-state index contributed by atoms with van der Waals surface area (Å²) in [6, 6.07) is 14.9. The van der Waals surface area contributed by atoms with Crippen LogP contribution in [-0.2, 0) is 16.1 Å². The highest BCUT2D eigenvalue weighted by molar-refractivity contribution is 5.78. The number of carbonyl (C=O) groups is 1. The van der Waals surface area contributed by atoms with Crippen molar-refractivity contribution in [3.8, 4) is 5.75 Å². The standard InChI is InChI=1S/C26H35N3O5/c1-19(2)26(30)28(12-13-33-3)17-22-16-27(15-20-8-10-23(11-9-20)29(31)32)18-25(22)21-6-5-7-24(14-21)34-4/h5-11,14,19,22,25H,12-13,15-18H2,1-4H3. The summed E-state index contributed by atoms with van der Waals surface area (Å²) in [6.45, 7) is 7.94. The molecule has 1 fully saturated rings. The molecular formula is C26H35N3O5. The number of amides is 1. The molecule has 2 atom stereocenters. The minimum atomic E-state index is -0.380. The summed E-state index contributed by atoms with van der Waals surface area (Å²) in [5.74, 6) is 1.35. The van der Waals surface area contributed by atoms with Crippen molar-refractivity contribution >= 4 is 11.6 Å². The summed E-state index contributed by atoms with van der Waals surface area (Å²) in [6.07, 6.45) is 0. The molecule has 1 heterocycles. The molecule has 2 aromatic carbocycles. The third-order valence-corrected chi connectivity index (χ3v) is 6.42. The van der Waals surface area contributed by atoms with E-state index in [1.54, 1.807) is 26.4 Å². The van der Waals surface area contributed by atoms with E-state index in [9.17, 15) is 14.9 Å². The van der Waals surface area contributed by atoms with Gasteiger partial charge < -0.3 is 14.4 Å². The monoisotopic (exact) mass is 469 g/mol. The van der Waals surface area contributed by atoms with Crippen molar-refractivity contribution in [1.82, 2.24) is 9.80 Å². The van der Waals surface area contributed by atoms with Crippen LogP contribution in [0.25, 0.3) is 0 Å². The average Bonchev–Trinajstić information content (AvgIpc) is 3.23. The van der Waals surface area contributed by atoms with Gasteiger partial charge in [0.2, 0.25) is 5.91 Å². The van der Waals surface area contributed by atoms with Crippen LogP contribution in [0.15, 0.2) is 48.5 Å². The second-order valence-electron chi connectivity index (χ2n) is 9.19. The number of likely N-dealkylation sites (tertiary alicyclic amines) is 1. The smallest absolute Gasteiger partial charge is 0.269 e. The van der Waals surface area contributed by atoms with E-state index in [2.05, 4.69) is 17.0 Å². The van der Waals surface area contributed by atoms with Gasteiger partial charge in [-0.25, -0.2) is 0 Å². The summed E-state index contributed by atoms with van der Waals surface area (Å²) in [5, 5.41) is 11.0. The molecule has 3 rings (SSSR count). The number of rotatable bonds is 11. The molecule has 184 valence electrons. The topological polar surface area (TPSA) is 85.2 Å². The summed E-state index contributed by atoms with van der Waals surface area (Å²) >= 11 is 0. The number of nitrogens with zero attached hydrogens (tertiary/aromatic N) is 3. The molecule has 2 unspecified atom stereocenters. The number of carbonyl (C=O) groups excluding carboxylic acids is 1. The van der Waals surface area contributed by atoms with Crippen LogP contribution < -0.4 is 4.74 Å². The van der Waals surface area contributed by atoms with E-state index in [4.69, 9.17) is 9.47 Å². The number of nitro groups is 1. The first kappa shape index (κ1) is 25.6. The Balaban J connectivity index is 1.82. The largest absolute Gasteiger partial charge is 0.497 e. The lowest BCUT2D eigenvalue weighted by Crippen LogP contribution is -2.41. The fourth-order valence-electron chi connectivity index (χ4n) is 4.65. The Morgan fingerprint density at radius 1 is 1.18 bits per heavy atom. The predicted octanol–water partition coefficient (Wildman–Crippen LogP) is 3.95. The number of ether oxygens (including phenoxy) is 2. The van der Waals surface area contributed by atoms with Crippen LogP contribution in [0.1, 0.15) is 30.9 Å². The van der Waals surface area contributed by atoms with Gasteiger partial charge in [0.05, 0.1) is 18.6 Å². The lowest BCUT2D eigenvalue weighted by molar-refractivity contribution is -0.384. The Hall–Kier alpha value is -2.97. The van der Waals surface area contributed by atoms with E-state index >= 15 is 0 Å². The van der Waals surface area contributed by atoms with Gasteiger partial charge in [-0.1, -0.05) is 38.1 Å². The van der Waals surface area contributed by atoms with E-state index in [-0.39, 0.29) is 34.3 Å². The number of non-ortho nitro benzene ring substituents is 1. The zero-order valence-corrected chi connectivity index (χ0v) is 20.5. The van der Waals surface area contributed by atoms with Gasteiger partial charge >= 0.3 is 0 Å². The molecule has 1 aliphatic rings. The molecule has 1 saturated heterocycles. The molecule has 8 heteroatoms. The van der Waals surface area contributed by atoms with Crippen LogP contribution in [0.2, 0.25) is 0 Å². The van der Waals surface area contributed by atoms with Gasteiger partial charge in [0, 0.05) is 63.8 Å². The normalized spacial score (nSPS) is 18.3. The summed E-state index contributed by atoms with van der Waals surface area (Å²) in [4.78, 5) is 27.8. The molecule has 0 bridgehead atoms. The van der Waals surface area contributed by atoms with Crippen LogP contribution in [0.4, 0.5) is 5.69 Å². The van der Waals surface area contributed by atoms with Gasteiger partial charge in [-0.05, 0) is 29.2 Å². The Labute approximate surface area is 201 Å². The van der Waals surface area contributed by atoms with Crippen molar-refractivity contribution in [2.75, 3.05) is 47.0 Å². The molecule has 0 saturated carbocycles. The third kappa shape index (κ3) is 6.55. The predicted molar refractivity (Wildman–Crippen MR) is 131 cm³/mol. The fraction of sp³-hybridized carbons (Fsp3) is 0.500. The first-order valence-electron chi connectivity index (χ1n) is 11.7. The van der Waals surface area contributed by atoms with Crippen LogP contribution in [0.5, 0.6) is 5.75 Å². The summed E-state index contributed by atoms with van der Waals surface area (Å²) in [7, 11) is 3.32. The van der Waals surface area contributed by atoms with Gasteiger partial charge in [-0.15, -0.1) is 0 Å². The Morgan fingerprint density at radius 3 is 2.53 bits per heavy atom. The molecule has 0 radical (unpaired) electrons. The van der Waals surface area contributed by atoms with Gasteiger partial charge in [0.15, 0.2) is 0 Å². The Morgan fingerprint density at radius 2 is 1.91 bits per heavy atom. The van der Waals surface area contributed by atoms with E-state index in [1.807, 2.05) is 43.0 Å². The highest BCUT2D eigenvalue weighted by atomic mass is 16.6. The average molecular weight is 470 g/mol. The van der Waals surface area contributed by atoms with Gasteiger partial charge in [0.1, 0.15) is 5.75 Å². The zero-order valence-electron chi connectivity index (χ0n) is 20.5. The number of methoxy groups -OCH3 is 2. The van der Waals surface area contributed by atoms with Crippen molar-refractivity contribution in [2.45, 2.75) is 26.3 Å². The molecule has 0 aromatic heterocycles. The molecule has 34 heavy (non-hydrogen) atoms. The van der Waals surface area contributed by atoms with Crippen molar-refractivity contribution in [3.05, 3.63) is 69.8 Å². The highest BCUT2D eigenvalue weighted by Gasteiger charge is 2.36. The van der Waals surface area contributed by atoms with Crippen molar-refractivity contribution in [3.63, 3.8) is 0 Å². The third-order valence-electron chi connectivity index (χ3n) is 6.42. The maximum Gasteiger partial charge on any atom is 0.269 e. The van der Waals surface area contributed by atoms with E-state index in [0.29, 0.717) is 26.2 Å². The number of nitro benzene ring substituents is 1. The Bertz CT molecular complexity index is 963.